The van der Waals surface area contributed by atoms with Crippen LogP contribution in [0.25, 0.3) is 0 Å². The van der Waals surface area contributed by atoms with Crippen molar-refractivity contribution in [3.8, 4) is 0 Å². The summed E-state index contributed by atoms with van der Waals surface area (Å²) in [5.74, 6) is -2.65. The van der Waals surface area contributed by atoms with Gasteiger partial charge in [-0.2, -0.15) is 0 Å². The Hall–Kier alpha value is -0.550. The number of halogens is 1. The second kappa shape index (κ2) is 5.36. The third kappa shape index (κ3) is 2.72. The third-order valence-electron chi connectivity index (χ3n) is 1.46. The van der Waals surface area contributed by atoms with Crippen molar-refractivity contribution >= 4 is 53.1 Å². The van der Waals surface area contributed by atoms with Crippen molar-refractivity contribution in [3.05, 3.63) is 34.3 Å². The van der Waals surface area contributed by atoms with Gasteiger partial charge >= 0.3 is 11.9 Å². The minimum Gasteiger partial charge on any atom is -0.478 e. The molecule has 1 aromatic rings. The normalized spacial score (nSPS) is 8.93. The molecule has 0 aromatic heterocycles. The van der Waals surface area contributed by atoms with E-state index in [1.165, 1.54) is 18.2 Å². The summed E-state index contributed by atoms with van der Waals surface area (Å²) in [4.78, 5) is 21.2. The van der Waals surface area contributed by atoms with Gasteiger partial charge in [0.25, 0.3) is 0 Å². The number of carboxylic acids is 2. The number of aromatic carboxylic acids is 2. The van der Waals surface area contributed by atoms with E-state index < -0.39 is 11.9 Å². The maximum atomic E-state index is 10.6. The molecule has 6 heteroatoms. The van der Waals surface area contributed by atoms with E-state index in [-0.39, 0.29) is 45.7 Å². The molecule has 0 aliphatic heterocycles. The van der Waals surface area contributed by atoms with Crippen LogP contribution in [-0.2, 0) is 0 Å². The van der Waals surface area contributed by atoms with Gasteiger partial charge in [-0.15, -0.1) is 0 Å². The van der Waals surface area contributed by atoms with E-state index in [0.717, 1.165) is 0 Å². The van der Waals surface area contributed by atoms with Gasteiger partial charge in [0.1, 0.15) is 0 Å². The van der Waals surface area contributed by atoms with Crippen LogP contribution in [0.1, 0.15) is 20.7 Å². The number of carboxylic acid groups (broad SMARTS) is 2. The molecule has 69 valence electrons. The second-order valence-electron chi connectivity index (χ2n) is 2.27. The van der Waals surface area contributed by atoms with E-state index in [1.54, 1.807) is 0 Å². The molecule has 14 heavy (non-hydrogen) atoms. The summed E-state index contributed by atoms with van der Waals surface area (Å²) in [6.45, 7) is 0. The van der Waals surface area contributed by atoms with Gasteiger partial charge in [-0.25, -0.2) is 9.59 Å². The summed E-state index contributed by atoms with van der Waals surface area (Å²) in [6, 6.07) is 3.91. The van der Waals surface area contributed by atoms with Crippen LogP contribution in [0.5, 0.6) is 0 Å². The van der Waals surface area contributed by atoms with Crippen molar-refractivity contribution in [3.63, 3.8) is 0 Å². The summed E-state index contributed by atoms with van der Waals surface area (Å²) in [5.41, 5.74) is -0.684. The largest absolute Gasteiger partial charge is 0.478 e. The van der Waals surface area contributed by atoms with Gasteiger partial charge in [0.05, 0.1) is 16.1 Å². The Morgan fingerprint density at radius 1 is 1.14 bits per heavy atom. The molecule has 0 bridgehead atoms. The zero-order valence-electron chi connectivity index (χ0n) is 7.32. The Balaban J connectivity index is 0.00000169. The Morgan fingerprint density at radius 2 is 1.71 bits per heavy atom. The zero-order valence-corrected chi connectivity index (χ0v) is 10.1. The topological polar surface area (TPSA) is 74.6 Å². The van der Waals surface area contributed by atoms with Crippen molar-refractivity contribution in [2.45, 2.75) is 0 Å². The maximum Gasteiger partial charge on any atom is 0.338 e. The minimum atomic E-state index is -1.34. The van der Waals surface area contributed by atoms with E-state index in [0.29, 0.717) is 0 Å². The molecule has 1 radical (unpaired) electrons. The predicted octanol–water partition coefficient (Wildman–Crippen LogP) is 1.36. The van der Waals surface area contributed by atoms with Crippen LogP contribution in [0, 0.1) is 0 Å². The Labute approximate surface area is 107 Å². The quantitative estimate of drug-likeness (QED) is 0.743. The molecule has 4 nitrogen and oxygen atoms in total. The SMILES string of the molecule is O=C(O)c1cccc(Cl)c1C(=O)O.[Na]. The first-order chi connectivity index (χ1) is 6.04. The summed E-state index contributed by atoms with van der Waals surface area (Å²) in [5, 5.41) is 17.2. The van der Waals surface area contributed by atoms with Gasteiger partial charge in [-0.1, -0.05) is 17.7 Å². The fourth-order valence-electron chi connectivity index (χ4n) is 0.920. The number of hydrogen-bond acceptors (Lipinski definition) is 2. The molecule has 0 amide bonds. The van der Waals surface area contributed by atoms with Gasteiger partial charge in [-0.3, -0.25) is 0 Å². The summed E-state index contributed by atoms with van der Waals surface area (Å²) < 4.78 is 0. The predicted molar refractivity (Wildman–Crippen MR) is 51.1 cm³/mol. The van der Waals surface area contributed by atoms with Crippen LogP contribution >= 0.6 is 11.6 Å². The zero-order chi connectivity index (χ0) is 10.0. The van der Waals surface area contributed by atoms with E-state index in [1.807, 2.05) is 0 Å². The van der Waals surface area contributed by atoms with Crippen molar-refractivity contribution in [1.29, 1.82) is 0 Å². The number of rotatable bonds is 2. The number of hydrogen-bond donors (Lipinski definition) is 2. The molecule has 0 fully saturated rings. The molecule has 0 saturated carbocycles. The average Bonchev–Trinajstić information content (AvgIpc) is 2.02. The van der Waals surface area contributed by atoms with E-state index >= 15 is 0 Å². The van der Waals surface area contributed by atoms with E-state index in [2.05, 4.69) is 0 Å². The average molecular weight is 224 g/mol. The molecule has 0 saturated heterocycles. The molecule has 2 N–H and O–H groups in total. The molecular formula is C8H5ClNaO4. The second-order valence-corrected chi connectivity index (χ2v) is 2.68. The Morgan fingerprint density at radius 3 is 2.07 bits per heavy atom. The van der Waals surface area contributed by atoms with Gasteiger partial charge in [0, 0.05) is 29.6 Å². The fourth-order valence-corrected chi connectivity index (χ4v) is 1.18. The smallest absolute Gasteiger partial charge is 0.338 e. The van der Waals surface area contributed by atoms with Crippen LogP contribution < -0.4 is 0 Å². The first kappa shape index (κ1) is 13.4. The van der Waals surface area contributed by atoms with E-state index in [9.17, 15) is 9.59 Å². The summed E-state index contributed by atoms with van der Waals surface area (Å²) >= 11 is 5.52. The van der Waals surface area contributed by atoms with Crippen molar-refractivity contribution in [1.82, 2.24) is 0 Å². The molecule has 0 aliphatic carbocycles. The molecule has 0 spiro atoms. The maximum absolute atomic E-state index is 10.6. The molecule has 0 aliphatic rings. The first-order valence-electron chi connectivity index (χ1n) is 3.29. The van der Waals surface area contributed by atoms with Crippen molar-refractivity contribution < 1.29 is 19.8 Å². The summed E-state index contributed by atoms with van der Waals surface area (Å²) in [7, 11) is 0. The fraction of sp³-hybridized carbons (Fsp3) is 0. The molecule has 0 atom stereocenters. The third-order valence-corrected chi connectivity index (χ3v) is 1.77. The molecular weight excluding hydrogens is 219 g/mol. The van der Waals surface area contributed by atoms with Crippen LogP contribution in [0.2, 0.25) is 5.02 Å². The van der Waals surface area contributed by atoms with Crippen LogP contribution in [0.15, 0.2) is 18.2 Å². The van der Waals surface area contributed by atoms with Crippen molar-refractivity contribution in [2.24, 2.45) is 0 Å². The first-order valence-corrected chi connectivity index (χ1v) is 3.67. The van der Waals surface area contributed by atoms with Crippen LogP contribution in [-0.4, -0.2) is 51.7 Å². The molecule has 1 aromatic carbocycles. The van der Waals surface area contributed by atoms with Crippen molar-refractivity contribution in [2.75, 3.05) is 0 Å². The number of carbonyl (C=O) groups is 2. The van der Waals surface area contributed by atoms with Gasteiger partial charge < -0.3 is 10.2 Å². The van der Waals surface area contributed by atoms with Gasteiger partial charge in [0.15, 0.2) is 0 Å². The molecule has 0 unspecified atom stereocenters. The summed E-state index contributed by atoms with van der Waals surface area (Å²) in [6.07, 6.45) is 0. The Bertz CT molecular complexity index is 378. The Kier molecular flexibility index (Phi) is 5.15. The van der Waals surface area contributed by atoms with E-state index in [4.69, 9.17) is 21.8 Å². The van der Waals surface area contributed by atoms with Crippen LogP contribution in [0.4, 0.5) is 0 Å². The van der Waals surface area contributed by atoms with Gasteiger partial charge in [0.2, 0.25) is 0 Å². The number of benzene rings is 1. The van der Waals surface area contributed by atoms with Crippen LogP contribution in [0.3, 0.4) is 0 Å². The minimum absolute atomic E-state index is 0. The molecule has 0 heterocycles. The monoisotopic (exact) mass is 223 g/mol. The standard InChI is InChI=1S/C8H5ClO4.Na/c9-5-3-1-2-4(7(10)11)6(5)8(12)13;/h1-3H,(H,10,11)(H,12,13);. The molecule has 1 rings (SSSR count). The van der Waals surface area contributed by atoms with Gasteiger partial charge in [-0.05, 0) is 12.1 Å².